The predicted octanol–water partition coefficient (Wildman–Crippen LogP) is 1.75. The van der Waals surface area contributed by atoms with E-state index in [1.807, 2.05) is 23.6 Å². The van der Waals surface area contributed by atoms with Crippen molar-refractivity contribution in [2.24, 2.45) is 5.73 Å². The predicted molar refractivity (Wildman–Crippen MR) is 71.3 cm³/mol. The molecule has 0 fully saturated rings. The Bertz CT molecular complexity index is 527. The molecule has 1 heterocycles. The molecule has 0 atom stereocenters. The summed E-state index contributed by atoms with van der Waals surface area (Å²) in [5.74, 6) is 1.83. The molecule has 0 unspecified atom stereocenters. The lowest BCUT2D eigenvalue weighted by Crippen LogP contribution is -2.08. The van der Waals surface area contributed by atoms with E-state index in [0.29, 0.717) is 6.54 Å². The van der Waals surface area contributed by atoms with Gasteiger partial charge in [0, 0.05) is 12.3 Å². The van der Waals surface area contributed by atoms with Gasteiger partial charge >= 0.3 is 0 Å². The van der Waals surface area contributed by atoms with Crippen LogP contribution in [-0.4, -0.2) is 19.9 Å². The molecule has 0 saturated carbocycles. The van der Waals surface area contributed by atoms with E-state index in [-0.39, 0.29) is 5.75 Å². The lowest BCUT2D eigenvalue weighted by Gasteiger charge is -2.06. The first-order valence-corrected chi connectivity index (χ1v) is 6.76. The third kappa shape index (κ3) is 2.83. The largest absolute Gasteiger partial charge is 0.508 e. The smallest absolute Gasteiger partial charge is 0.191 e. The van der Waals surface area contributed by atoms with Crippen LogP contribution in [0.1, 0.15) is 18.3 Å². The van der Waals surface area contributed by atoms with Gasteiger partial charge in [-0.2, -0.15) is 0 Å². The maximum Gasteiger partial charge on any atom is 0.191 e. The Morgan fingerprint density at radius 2 is 2.22 bits per heavy atom. The van der Waals surface area contributed by atoms with E-state index in [4.69, 9.17) is 5.73 Å². The molecular formula is C12H16N4OS. The molecule has 0 spiro atoms. The van der Waals surface area contributed by atoms with Gasteiger partial charge in [0.2, 0.25) is 0 Å². The zero-order valence-electron chi connectivity index (χ0n) is 10.2. The number of aromatic hydroxyl groups is 1. The first-order chi connectivity index (χ1) is 8.74. The summed E-state index contributed by atoms with van der Waals surface area (Å²) in [5.41, 5.74) is 6.66. The Morgan fingerprint density at radius 3 is 2.89 bits per heavy atom. The van der Waals surface area contributed by atoms with Gasteiger partial charge in [-0.05, 0) is 24.6 Å². The van der Waals surface area contributed by atoms with Crippen LogP contribution in [0.15, 0.2) is 29.4 Å². The minimum absolute atomic E-state index is 0.285. The highest BCUT2D eigenvalue weighted by Crippen LogP contribution is 2.23. The van der Waals surface area contributed by atoms with E-state index >= 15 is 0 Å². The number of aromatic nitrogens is 3. The average Bonchev–Trinajstić information content (AvgIpc) is 2.78. The first kappa shape index (κ1) is 12.9. The van der Waals surface area contributed by atoms with E-state index in [1.165, 1.54) is 0 Å². The molecule has 0 saturated heterocycles. The van der Waals surface area contributed by atoms with Crippen LogP contribution in [0.4, 0.5) is 0 Å². The number of phenols is 1. The molecule has 5 nitrogen and oxygen atoms in total. The summed E-state index contributed by atoms with van der Waals surface area (Å²) in [6.07, 6.45) is 0. The number of benzene rings is 1. The van der Waals surface area contributed by atoms with Crippen LogP contribution in [0, 0.1) is 0 Å². The maximum absolute atomic E-state index is 9.39. The summed E-state index contributed by atoms with van der Waals surface area (Å²) in [6.45, 7) is 3.25. The molecule has 1 aromatic carbocycles. The molecule has 0 radical (unpaired) electrons. The summed E-state index contributed by atoms with van der Waals surface area (Å²) in [4.78, 5) is 0. The molecule has 2 aromatic rings. The topological polar surface area (TPSA) is 77.0 Å². The number of hydrogen-bond acceptors (Lipinski definition) is 5. The maximum atomic E-state index is 9.39. The van der Waals surface area contributed by atoms with Crippen molar-refractivity contribution < 1.29 is 5.11 Å². The second kappa shape index (κ2) is 5.88. The van der Waals surface area contributed by atoms with E-state index in [1.54, 1.807) is 23.9 Å². The van der Waals surface area contributed by atoms with Gasteiger partial charge in [0.05, 0.1) is 6.54 Å². The number of phenolic OH excluding ortho intramolecular Hbond substituents is 1. The number of hydrogen-bond donors (Lipinski definition) is 2. The highest BCUT2D eigenvalue weighted by molar-refractivity contribution is 7.98. The SMILES string of the molecule is CCn1c(CN)nnc1SCc1cccc(O)c1. The lowest BCUT2D eigenvalue weighted by molar-refractivity contribution is 0.475. The molecule has 1 aromatic heterocycles. The second-order valence-electron chi connectivity index (χ2n) is 3.81. The Morgan fingerprint density at radius 1 is 1.39 bits per heavy atom. The van der Waals surface area contributed by atoms with Gasteiger partial charge in [-0.15, -0.1) is 10.2 Å². The summed E-state index contributed by atoms with van der Waals surface area (Å²) < 4.78 is 2.01. The van der Waals surface area contributed by atoms with Crippen molar-refractivity contribution in [3.8, 4) is 5.75 Å². The van der Waals surface area contributed by atoms with Crippen molar-refractivity contribution >= 4 is 11.8 Å². The van der Waals surface area contributed by atoms with Crippen LogP contribution in [0.3, 0.4) is 0 Å². The molecule has 96 valence electrons. The van der Waals surface area contributed by atoms with Gasteiger partial charge in [-0.1, -0.05) is 23.9 Å². The number of thioether (sulfide) groups is 1. The molecule has 0 aliphatic heterocycles. The Labute approximate surface area is 110 Å². The minimum Gasteiger partial charge on any atom is -0.508 e. The Balaban J connectivity index is 2.08. The van der Waals surface area contributed by atoms with E-state index in [0.717, 1.165) is 28.8 Å². The number of nitrogens with two attached hydrogens (primary N) is 1. The summed E-state index contributed by atoms with van der Waals surface area (Å²) in [5, 5.41) is 18.4. The van der Waals surface area contributed by atoms with E-state index in [2.05, 4.69) is 10.2 Å². The molecule has 3 N–H and O–H groups in total. The molecule has 0 amide bonds. The van der Waals surface area contributed by atoms with Gasteiger partial charge in [0.1, 0.15) is 11.6 Å². The fraction of sp³-hybridized carbons (Fsp3) is 0.333. The molecule has 0 bridgehead atoms. The molecular weight excluding hydrogens is 248 g/mol. The third-order valence-electron chi connectivity index (χ3n) is 2.57. The quantitative estimate of drug-likeness (QED) is 0.805. The van der Waals surface area contributed by atoms with Crippen molar-refractivity contribution in [1.82, 2.24) is 14.8 Å². The van der Waals surface area contributed by atoms with Crippen molar-refractivity contribution in [3.63, 3.8) is 0 Å². The normalized spacial score (nSPS) is 10.8. The molecule has 0 aliphatic carbocycles. The van der Waals surface area contributed by atoms with Gasteiger partial charge in [-0.3, -0.25) is 0 Å². The van der Waals surface area contributed by atoms with E-state index < -0.39 is 0 Å². The second-order valence-corrected chi connectivity index (χ2v) is 4.75. The monoisotopic (exact) mass is 264 g/mol. The van der Waals surface area contributed by atoms with Crippen molar-refractivity contribution in [1.29, 1.82) is 0 Å². The van der Waals surface area contributed by atoms with Gasteiger partial charge < -0.3 is 15.4 Å². The Hall–Kier alpha value is -1.53. The third-order valence-corrected chi connectivity index (χ3v) is 3.61. The molecule has 6 heteroatoms. The fourth-order valence-corrected chi connectivity index (χ4v) is 2.65. The van der Waals surface area contributed by atoms with Crippen molar-refractivity contribution in [2.45, 2.75) is 30.9 Å². The zero-order valence-corrected chi connectivity index (χ0v) is 11.0. The van der Waals surface area contributed by atoms with Gasteiger partial charge in [-0.25, -0.2) is 0 Å². The molecule has 0 aliphatic rings. The Kier molecular flexibility index (Phi) is 4.22. The summed E-state index contributed by atoms with van der Waals surface area (Å²) in [6, 6.07) is 7.23. The lowest BCUT2D eigenvalue weighted by atomic mass is 10.2. The summed E-state index contributed by atoms with van der Waals surface area (Å²) in [7, 11) is 0. The van der Waals surface area contributed by atoms with Crippen molar-refractivity contribution in [2.75, 3.05) is 0 Å². The van der Waals surface area contributed by atoms with Crippen LogP contribution in [0.2, 0.25) is 0 Å². The van der Waals surface area contributed by atoms with Crippen LogP contribution in [0.25, 0.3) is 0 Å². The minimum atomic E-state index is 0.285. The van der Waals surface area contributed by atoms with Crippen LogP contribution in [-0.2, 0) is 18.8 Å². The van der Waals surface area contributed by atoms with Gasteiger partial charge in [0.15, 0.2) is 5.16 Å². The van der Waals surface area contributed by atoms with Crippen LogP contribution >= 0.6 is 11.8 Å². The number of rotatable bonds is 5. The average molecular weight is 264 g/mol. The number of nitrogens with zero attached hydrogens (tertiary/aromatic N) is 3. The van der Waals surface area contributed by atoms with Crippen LogP contribution < -0.4 is 5.73 Å². The first-order valence-electron chi connectivity index (χ1n) is 5.77. The summed E-state index contributed by atoms with van der Waals surface area (Å²) >= 11 is 1.59. The zero-order chi connectivity index (χ0) is 13.0. The highest BCUT2D eigenvalue weighted by Gasteiger charge is 2.09. The van der Waals surface area contributed by atoms with Gasteiger partial charge in [0.25, 0.3) is 0 Å². The standard InChI is InChI=1S/C12H16N4OS/c1-2-16-11(7-13)14-15-12(16)18-8-9-4-3-5-10(17)6-9/h3-6,17H,2,7-8,13H2,1H3. The molecule has 2 rings (SSSR count). The molecule has 18 heavy (non-hydrogen) atoms. The fourth-order valence-electron chi connectivity index (χ4n) is 1.69. The van der Waals surface area contributed by atoms with Crippen molar-refractivity contribution in [3.05, 3.63) is 35.7 Å². The highest BCUT2D eigenvalue weighted by atomic mass is 32.2. The van der Waals surface area contributed by atoms with E-state index in [9.17, 15) is 5.11 Å². The van der Waals surface area contributed by atoms with Crippen LogP contribution in [0.5, 0.6) is 5.75 Å².